The Kier molecular flexibility index (Phi) is 6.13. The predicted molar refractivity (Wildman–Crippen MR) is 85.2 cm³/mol. The minimum absolute atomic E-state index is 0.0758. The number of halogens is 4. The molecule has 1 heterocycles. The zero-order valence-corrected chi connectivity index (χ0v) is 15.1. The number of hydrogen-bond donors (Lipinski definition) is 0. The summed E-state index contributed by atoms with van der Waals surface area (Å²) in [4.78, 5) is 25.4. The molecule has 0 radical (unpaired) electrons. The van der Waals surface area contributed by atoms with E-state index in [1.54, 1.807) is 0 Å². The maximum Gasteiger partial charge on any atom is 0.573 e. The molecule has 0 amide bonds. The molecule has 26 heavy (non-hydrogen) atoms. The molecule has 0 atom stereocenters. The number of rotatable bonds is 4. The van der Waals surface area contributed by atoms with Gasteiger partial charge in [0.2, 0.25) is 0 Å². The summed E-state index contributed by atoms with van der Waals surface area (Å²) in [5, 5.41) is 0. The Morgan fingerprint density at radius 1 is 1.19 bits per heavy atom. The van der Waals surface area contributed by atoms with Crippen molar-refractivity contribution in [3.8, 4) is 5.75 Å². The fraction of sp³-hybridized carbons (Fsp3) is 0.333. The van der Waals surface area contributed by atoms with Gasteiger partial charge in [-0.2, -0.15) is 0 Å². The van der Waals surface area contributed by atoms with Crippen LogP contribution in [0.4, 0.5) is 18.9 Å². The Morgan fingerprint density at radius 2 is 1.85 bits per heavy atom. The molecule has 7 nitrogen and oxygen atoms in total. The van der Waals surface area contributed by atoms with Crippen LogP contribution in [0.1, 0.15) is 0 Å². The lowest BCUT2D eigenvalue weighted by atomic mass is 10.1. The van der Waals surface area contributed by atoms with Crippen molar-refractivity contribution in [2.45, 2.75) is 6.36 Å². The summed E-state index contributed by atoms with van der Waals surface area (Å²) in [7, 11) is 2.27. The van der Waals surface area contributed by atoms with E-state index in [-0.39, 0.29) is 34.8 Å². The Bertz CT molecular complexity index is 749. The van der Waals surface area contributed by atoms with Crippen LogP contribution in [0, 0.1) is 0 Å². The molecule has 0 aliphatic carbocycles. The van der Waals surface area contributed by atoms with E-state index in [0.717, 1.165) is 26.4 Å². The van der Waals surface area contributed by atoms with Crippen LogP contribution in [-0.2, 0) is 23.8 Å². The van der Waals surface area contributed by atoms with Crippen LogP contribution in [0.25, 0.3) is 0 Å². The molecule has 0 bridgehead atoms. The maximum atomic E-state index is 12.3. The number of esters is 2. The Balaban J connectivity index is 2.48. The molecule has 1 aromatic rings. The summed E-state index contributed by atoms with van der Waals surface area (Å²) >= 11 is 3.13. The summed E-state index contributed by atoms with van der Waals surface area (Å²) in [6.45, 7) is -0.316. The third-order valence-corrected chi connectivity index (χ3v) is 3.91. The summed E-state index contributed by atoms with van der Waals surface area (Å²) < 4.78 is 55.6. The molecular weight excluding hydrogens is 427 g/mol. The molecule has 11 heteroatoms. The van der Waals surface area contributed by atoms with Gasteiger partial charge in [0.25, 0.3) is 0 Å². The third-order valence-electron chi connectivity index (χ3n) is 3.28. The lowest BCUT2D eigenvalue weighted by Gasteiger charge is -2.32. The summed E-state index contributed by atoms with van der Waals surface area (Å²) in [5.41, 5.74) is 0.0601. The molecule has 1 aliphatic rings. The highest BCUT2D eigenvalue weighted by molar-refractivity contribution is 9.10. The molecule has 0 N–H and O–H groups in total. The van der Waals surface area contributed by atoms with Gasteiger partial charge in [-0.3, -0.25) is 0 Å². The van der Waals surface area contributed by atoms with Crippen LogP contribution in [-0.4, -0.2) is 45.9 Å². The summed E-state index contributed by atoms with van der Waals surface area (Å²) in [6.07, 6.45) is -4.84. The second kappa shape index (κ2) is 7.96. The lowest BCUT2D eigenvalue weighted by Crippen LogP contribution is -2.39. The van der Waals surface area contributed by atoms with Gasteiger partial charge in [-0.1, -0.05) is 0 Å². The van der Waals surface area contributed by atoms with E-state index < -0.39 is 24.1 Å². The number of carbonyl (C=O) groups excluding carboxylic acids is 2. The molecular formula is C15H13BrF3NO6. The monoisotopic (exact) mass is 439 g/mol. The number of alkyl halides is 3. The van der Waals surface area contributed by atoms with E-state index in [2.05, 4.69) is 25.4 Å². The van der Waals surface area contributed by atoms with E-state index >= 15 is 0 Å². The van der Waals surface area contributed by atoms with Gasteiger partial charge in [-0.05, 0) is 34.1 Å². The minimum atomic E-state index is -4.84. The summed E-state index contributed by atoms with van der Waals surface area (Å²) in [5.74, 6) is -2.07. The molecule has 0 unspecified atom stereocenters. The van der Waals surface area contributed by atoms with Gasteiger partial charge in [-0.15, -0.1) is 13.2 Å². The van der Waals surface area contributed by atoms with Crippen molar-refractivity contribution in [1.29, 1.82) is 0 Å². The molecule has 0 saturated carbocycles. The second-order valence-corrected chi connectivity index (χ2v) is 5.73. The molecule has 0 fully saturated rings. The van der Waals surface area contributed by atoms with E-state index in [1.165, 1.54) is 11.0 Å². The first-order valence-electron chi connectivity index (χ1n) is 6.98. The number of methoxy groups -OCH3 is 2. The van der Waals surface area contributed by atoms with Crippen LogP contribution >= 0.6 is 15.9 Å². The van der Waals surface area contributed by atoms with Gasteiger partial charge in [0.05, 0.1) is 32.1 Å². The topological polar surface area (TPSA) is 74.3 Å². The number of carbonyl (C=O) groups is 2. The fourth-order valence-electron chi connectivity index (χ4n) is 2.24. The second-order valence-electron chi connectivity index (χ2n) is 4.88. The third kappa shape index (κ3) is 4.47. The van der Waals surface area contributed by atoms with Crippen molar-refractivity contribution in [3.63, 3.8) is 0 Å². The molecule has 2 rings (SSSR count). The average Bonchev–Trinajstić information content (AvgIpc) is 2.58. The quantitative estimate of drug-likeness (QED) is 0.667. The number of benzene rings is 1. The van der Waals surface area contributed by atoms with Gasteiger partial charge >= 0.3 is 18.3 Å². The lowest BCUT2D eigenvalue weighted by molar-refractivity contribution is -0.274. The Labute approximate surface area is 154 Å². The first-order valence-corrected chi connectivity index (χ1v) is 7.77. The first kappa shape index (κ1) is 20.0. The molecule has 142 valence electrons. The van der Waals surface area contributed by atoms with Crippen LogP contribution in [0.3, 0.4) is 0 Å². The molecule has 0 saturated heterocycles. The minimum Gasteiger partial charge on any atom is -0.466 e. The smallest absolute Gasteiger partial charge is 0.466 e. The molecule has 0 spiro atoms. The van der Waals surface area contributed by atoms with E-state index in [1.807, 2.05) is 0 Å². The van der Waals surface area contributed by atoms with Crippen molar-refractivity contribution in [3.05, 3.63) is 33.9 Å². The van der Waals surface area contributed by atoms with Crippen molar-refractivity contribution < 1.29 is 41.7 Å². The molecule has 0 aromatic heterocycles. The zero-order chi connectivity index (χ0) is 19.5. The van der Waals surface area contributed by atoms with Crippen molar-refractivity contribution in [2.75, 3.05) is 32.5 Å². The molecule has 1 aliphatic heterocycles. The maximum absolute atomic E-state index is 12.3. The van der Waals surface area contributed by atoms with Gasteiger partial charge in [-0.25, -0.2) is 9.59 Å². The van der Waals surface area contributed by atoms with E-state index in [9.17, 15) is 22.8 Å². The van der Waals surface area contributed by atoms with Crippen LogP contribution in [0.5, 0.6) is 5.75 Å². The number of nitrogens with zero attached hydrogens (tertiary/aromatic N) is 1. The van der Waals surface area contributed by atoms with Gasteiger partial charge in [0.15, 0.2) is 0 Å². The highest BCUT2D eigenvalue weighted by Crippen LogP contribution is 2.36. The Morgan fingerprint density at radius 3 is 2.38 bits per heavy atom. The SMILES string of the molecule is COC(=O)C1=C(C(=O)OC)N(c2ccc(OC(F)(F)F)cc2Br)COC1. The Hall–Kier alpha value is -2.27. The van der Waals surface area contributed by atoms with E-state index in [4.69, 9.17) is 9.47 Å². The predicted octanol–water partition coefficient (Wildman–Crippen LogP) is 2.74. The average molecular weight is 440 g/mol. The van der Waals surface area contributed by atoms with Crippen molar-refractivity contribution in [1.82, 2.24) is 0 Å². The first-order chi connectivity index (χ1) is 12.2. The summed E-state index contributed by atoms with van der Waals surface area (Å²) in [6, 6.07) is 3.41. The standard InChI is InChI=1S/C15H13BrF3NO6/c1-23-13(21)9-6-25-7-20(12(9)14(22)24-2)11-4-3-8(5-10(11)16)26-15(17,18)19/h3-5H,6-7H2,1-2H3. The molecule has 1 aromatic carbocycles. The highest BCUT2D eigenvalue weighted by Gasteiger charge is 2.34. The largest absolute Gasteiger partial charge is 0.573 e. The van der Waals surface area contributed by atoms with Gasteiger partial charge in [0, 0.05) is 4.47 Å². The number of hydrogen-bond acceptors (Lipinski definition) is 7. The number of ether oxygens (including phenoxy) is 4. The van der Waals surface area contributed by atoms with Crippen LogP contribution in [0.2, 0.25) is 0 Å². The van der Waals surface area contributed by atoms with Gasteiger partial charge in [0.1, 0.15) is 18.2 Å². The van der Waals surface area contributed by atoms with Crippen LogP contribution < -0.4 is 9.64 Å². The highest BCUT2D eigenvalue weighted by atomic mass is 79.9. The van der Waals surface area contributed by atoms with Crippen molar-refractivity contribution >= 4 is 33.6 Å². The van der Waals surface area contributed by atoms with Crippen LogP contribution in [0.15, 0.2) is 33.9 Å². The zero-order valence-electron chi connectivity index (χ0n) is 13.6. The number of anilines is 1. The fourth-order valence-corrected chi connectivity index (χ4v) is 2.81. The van der Waals surface area contributed by atoms with Crippen molar-refractivity contribution in [2.24, 2.45) is 0 Å². The van der Waals surface area contributed by atoms with Gasteiger partial charge < -0.3 is 23.8 Å². The van der Waals surface area contributed by atoms with E-state index in [0.29, 0.717) is 0 Å². The normalized spacial score (nSPS) is 14.9.